The number of rotatable bonds is 5. The maximum absolute atomic E-state index is 12.6. The molecule has 0 aliphatic rings. The van der Waals surface area contributed by atoms with Crippen LogP contribution < -0.4 is 10.8 Å². The number of carbonyl (C=O) groups is 2. The van der Waals surface area contributed by atoms with Gasteiger partial charge in [-0.3, -0.25) is 4.79 Å². The van der Waals surface area contributed by atoms with Crippen LogP contribution in [-0.4, -0.2) is 18.0 Å². The summed E-state index contributed by atoms with van der Waals surface area (Å²) in [6, 6.07) is 10.6. The summed E-state index contributed by atoms with van der Waals surface area (Å²) in [4.78, 5) is 24.5. The molecule has 2 aromatic rings. The van der Waals surface area contributed by atoms with Gasteiger partial charge in [-0.15, -0.1) is 11.8 Å². The van der Waals surface area contributed by atoms with Crippen molar-refractivity contribution in [1.82, 2.24) is 0 Å². The quantitative estimate of drug-likeness (QED) is 0.517. The van der Waals surface area contributed by atoms with Gasteiger partial charge in [0.15, 0.2) is 5.78 Å². The lowest BCUT2D eigenvalue weighted by atomic mass is 9.95. The molecular weight excluding hydrogens is 298 g/mol. The van der Waals surface area contributed by atoms with E-state index in [-0.39, 0.29) is 17.9 Å². The molecule has 0 aliphatic carbocycles. The molecule has 0 saturated heterocycles. The SMILES string of the molecule is CSc1ccc(C(=O)c2cc(C)cc(CC(=O)[O-])c2N)cc1. The van der Waals surface area contributed by atoms with E-state index in [0.717, 1.165) is 10.5 Å². The van der Waals surface area contributed by atoms with Gasteiger partial charge in [0.05, 0.1) is 0 Å². The average Bonchev–Trinajstić information content (AvgIpc) is 2.49. The topological polar surface area (TPSA) is 83.2 Å². The van der Waals surface area contributed by atoms with E-state index in [9.17, 15) is 14.7 Å². The molecule has 4 nitrogen and oxygen atoms in total. The van der Waals surface area contributed by atoms with E-state index < -0.39 is 5.97 Å². The molecule has 114 valence electrons. The van der Waals surface area contributed by atoms with Gasteiger partial charge in [0, 0.05) is 34.1 Å². The number of nitrogen functional groups attached to an aromatic ring is 1. The molecule has 0 spiro atoms. The Morgan fingerprint density at radius 1 is 1.18 bits per heavy atom. The van der Waals surface area contributed by atoms with E-state index in [0.29, 0.717) is 16.7 Å². The molecule has 2 aromatic carbocycles. The van der Waals surface area contributed by atoms with E-state index in [2.05, 4.69) is 0 Å². The third-order valence-corrected chi connectivity index (χ3v) is 4.09. The Morgan fingerprint density at radius 2 is 1.82 bits per heavy atom. The van der Waals surface area contributed by atoms with Crippen molar-refractivity contribution in [3.05, 3.63) is 58.7 Å². The fourth-order valence-electron chi connectivity index (χ4n) is 2.26. The molecule has 0 amide bonds. The first-order valence-electron chi connectivity index (χ1n) is 6.70. The maximum atomic E-state index is 12.6. The van der Waals surface area contributed by atoms with Crippen molar-refractivity contribution in [2.45, 2.75) is 18.2 Å². The molecule has 0 fully saturated rings. The second-order valence-electron chi connectivity index (χ2n) is 4.99. The minimum Gasteiger partial charge on any atom is -0.550 e. The van der Waals surface area contributed by atoms with Gasteiger partial charge in [-0.05, 0) is 54.6 Å². The van der Waals surface area contributed by atoms with Crippen LogP contribution in [0.4, 0.5) is 5.69 Å². The highest BCUT2D eigenvalue weighted by atomic mass is 32.2. The summed E-state index contributed by atoms with van der Waals surface area (Å²) in [7, 11) is 0. The number of carbonyl (C=O) groups excluding carboxylic acids is 2. The van der Waals surface area contributed by atoms with E-state index >= 15 is 0 Å². The molecule has 0 unspecified atom stereocenters. The lowest BCUT2D eigenvalue weighted by molar-refractivity contribution is -0.304. The van der Waals surface area contributed by atoms with Crippen molar-refractivity contribution >= 4 is 29.2 Å². The Hall–Kier alpha value is -2.27. The first kappa shape index (κ1) is 16.1. The van der Waals surface area contributed by atoms with Crippen LogP contribution in [0, 0.1) is 6.92 Å². The molecule has 0 bridgehead atoms. The van der Waals surface area contributed by atoms with Gasteiger partial charge in [0.25, 0.3) is 0 Å². The van der Waals surface area contributed by atoms with Crippen LogP contribution in [-0.2, 0) is 11.2 Å². The molecule has 0 radical (unpaired) electrons. The second-order valence-corrected chi connectivity index (χ2v) is 5.87. The molecular formula is C17H16NO3S-. The Balaban J connectivity index is 2.44. The molecule has 0 aliphatic heterocycles. The minimum atomic E-state index is -1.22. The van der Waals surface area contributed by atoms with E-state index in [1.165, 1.54) is 0 Å². The van der Waals surface area contributed by atoms with Crippen LogP contribution in [0.5, 0.6) is 0 Å². The minimum absolute atomic E-state index is 0.203. The average molecular weight is 314 g/mol. The zero-order chi connectivity index (χ0) is 16.3. The number of benzene rings is 2. The van der Waals surface area contributed by atoms with Gasteiger partial charge in [0.1, 0.15) is 0 Å². The number of aryl methyl sites for hydroxylation is 1. The maximum Gasteiger partial charge on any atom is 0.195 e. The van der Waals surface area contributed by atoms with Crippen molar-refractivity contribution in [2.24, 2.45) is 0 Å². The third-order valence-electron chi connectivity index (χ3n) is 3.34. The van der Waals surface area contributed by atoms with Crippen molar-refractivity contribution in [2.75, 3.05) is 12.0 Å². The zero-order valence-corrected chi connectivity index (χ0v) is 13.2. The number of thioether (sulfide) groups is 1. The lowest BCUT2D eigenvalue weighted by Gasteiger charge is -2.13. The van der Waals surface area contributed by atoms with E-state index in [1.54, 1.807) is 43.0 Å². The first-order chi connectivity index (χ1) is 10.4. The van der Waals surface area contributed by atoms with E-state index in [1.807, 2.05) is 18.4 Å². The van der Waals surface area contributed by atoms with Gasteiger partial charge in [0.2, 0.25) is 0 Å². The molecule has 22 heavy (non-hydrogen) atoms. The highest BCUT2D eigenvalue weighted by molar-refractivity contribution is 7.98. The Bertz CT molecular complexity index is 723. The number of ketones is 1. The molecule has 0 heterocycles. The van der Waals surface area contributed by atoms with Crippen molar-refractivity contribution in [3.63, 3.8) is 0 Å². The lowest BCUT2D eigenvalue weighted by Crippen LogP contribution is -2.25. The van der Waals surface area contributed by atoms with Crippen LogP contribution in [0.25, 0.3) is 0 Å². The number of aliphatic carboxylic acids is 1. The molecule has 2 rings (SSSR count). The summed E-state index contributed by atoms with van der Waals surface area (Å²) in [5.41, 5.74) is 8.22. The number of nitrogens with two attached hydrogens (primary N) is 1. The fraction of sp³-hybridized carbons (Fsp3) is 0.176. The smallest absolute Gasteiger partial charge is 0.195 e. The van der Waals surface area contributed by atoms with Crippen LogP contribution in [0.1, 0.15) is 27.0 Å². The number of hydrogen-bond donors (Lipinski definition) is 1. The van der Waals surface area contributed by atoms with Gasteiger partial charge in [-0.25, -0.2) is 0 Å². The molecule has 0 aromatic heterocycles. The van der Waals surface area contributed by atoms with Crippen molar-refractivity contribution in [1.29, 1.82) is 0 Å². The summed E-state index contributed by atoms with van der Waals surface area (Å²) in [6.07, 6.45) is 1.65. The van der Waals surface area contributed by atoms with Gasteiger partial charge in [-0.2, -0.15) is 0 Å². The predicted molar refractivity (Wildman–Crippen MR) is 86.0 cm³/mol. The Kier molecular flexibility index (Phi) is 4.88. The molecule has 0 atom stereocenters. The summed E-state index contributed by atoms with van der Waals surface area (Å²) in [6.45, 7) is 1.80. The number of carboxylic acids is 1. The highest BCUT2D eigenvalue weighted by Crippen LogP contribution is 2.24. The molecule has 2 N–H and O–H groups in total. The number of anilines is 1. The third kappa shape index (κ3) is 3.49. The van der Waals surface area contributed by atoms with Crippen molar-refractivity contribution < 1.29 is 14.7 Å². The van der Waals surface area contributed by atoms with Crippen LogP contribution in [0.15, 0.2) is 41.3 Å². The molecule has 5 heteroatoms. The first-order valence-corrected chi connectivity index (χ1v) is 7.92. The predicted octanol–water partition coefficient (Wildman–Crippen LogP) is 1.82. The standard InChI is InChI=1S/C17H17NO3S/c1-10-7-12(9-15(19)20)16(18)14(8-10)17(21)11-3-5-13(22-2)6-4-11/h3-8H,9,18H2,1-2H3,(H,19,20)/p-1. The zero-order valence-electron chi connectivity index (χ0n) is 12.4. The van der Waals surface area contributed by atoms with E-state index in [4.69, 9.17) is 5.73 Å². The highest BCUT2D eigenvalue weighted by Gasteiger charge is 2.16. The van der Waals surface area contributed by atoms with Gasteiger partial charge >= 0.3 is 0 Å². The molecule has 0 saturated carbocycles. The van der Waals surface area contributed by atoms with Crippen molar-refractivity contribution in [3.8, 4) is 0 Å². The van der Waals surface area contributed by atoms with Gasteiger partial charge in [-0.1, -0.05) is 6.07 Å². The normalized spacial score (nSPS) is 10.5. The Labute approximate surface area is 133 Å². The summed E-state index contributed by atoms with van der Waals surface area (Å²) >= 11 is 1.59. The fourth-order valence-corrected chi connectivity index (χ4v) is 2.67. The van der Waals surface area contributed by atoms with Crippen LogP contribution in [0.2, 0.25) is 0 Å². The summed E-state index contributed by atoms with van der Waals surface area (Å²) in [5, 5.41) is 10.8. The number of carboxylic acid groups (broad SMARTS) is 1. The second kappa shape index (κ2) is 6.66. The number of hydrogen-bond acceptors (Lipinski definition) is 5. The monoisotopic (exact) mass is 314 g/mol. The largest absolute Gasteiger partial charge is 0.550 e. The van der Waals surface area contributed by atoms with Gasteiger partial charge < -0.3 is 15.6 Å². The van der Waals surface area contributed by atoms with Crippen LogP contribution in [0.3, 0.4) is 0 Å². The summed E-state index contributed by atoms with van der Waals surface area (Å²) in [5.74, 6) is -1.44. The summed E-state index contributed by atoms with van der Waals surface area (Å²) < 4.78 is 0. The Morgan fingerprint density at radius 3 is 2.36 bits per heavy atom. The van der Waals surface area contributed by atoms with Crippen LogP contribution >= 0.6 is 11.8 Å².